The molecule has 1 saturated heterocycles. The zero-order valence-electron chi connectivity index (χ0n) is 10.0. The van der Waals surface area contributed by atoms with Crippen LogP contribution in [-0.4, -0.2) is 35.3 Å². The lowest BCUT2D eigenvalue weighted by molar-refractivity contribution is -0.134. The van der Waals surface area contributed by atoms with E-state index < -0.39 is 0 Å². The van der Waals surface area contributed by atoms with Crippen LogP contribution in [0.1, 0.15) is 33.1 Å². The first-order chi connectivity index (χ1) is 7.60. The van der Waals surface area contributed by atoms with Crippen LogP contribution in [0.5, 0.6) is 0 Å². The quantitative estimate of drug-likeness (QED) is 0.726. The van der Waals surface area contributed by atoms with Crippen LogP contribution in [0, 0.1) is 0 Å². The van der Waals surface area contributed by atoms with Gasteiger partial charge in [0.2, 0.25) is 11.8 Å². The Hall–Kier alpha value is -1.32. The molecule has 2 amide bonds. The minimum Gasteiger partial charge on any atom is -0.344 e. The highest BCUT2D eigenvalue weighted by Crippen LogP contribution is 2.11. The third-order valence-electron chi connectivity index (χ3n) is 2.91. The van der Waals surface area contributed by atoms with Crippen LogP contribution in [0.15, 0.2) is 12.7 Å². The SMILES string of the molecule is C=CC(C)N1CCC(=O)NC(CCC)C1=O. The normalized spacial score (nSPS) is 23.6. The van der Waals surface area contributed by atoms with E-state index in [0.717, 1.165) is 6.42 Å². The second-order valence-electron chi connectivity index (χ2n) is 4.17. The van der Waals surface area contributed by atoms with Gasteiger partial charge < -0.3 is 10.2 Å². The summed E-state index contributed by atoms with van der Waals surface area (Å²) in [5.74, 6) is -0.0225. The Morgan fingerprint density at radius 1 is 1.62 bits per heavy atom. The standard InChI is InChI=1S/C12H20N2O2/c1-4-6-10-12(16)14(9(3)5-2)8-7-11(15)13-10/h5,9-10H,2,4,6-8H2,1,3H3,(H,13,15). The third kappa shape index (κ3) is 2.84. The zero-order chi connectivity index (χ0) is 12.1. The van der Waals surface area contributed by atoms with E-state index >= 15 is 0 Å². The van der Waals surface area contributed by atoms with Gasteiger partial charge in [-0.15, -0.1) is 6.58 Å². The van der Waals surface area contributed by atoms with Crippen LogP contribution in [0.25, 0.3) is 0 Å². The predicted octanol–water partition coefficient (Wildman–Crippen LogP) is 1.08. The van der Waals surface area contributed by atoms with Crippen LogP contribution in [0.4, 0.5) is 0 Å². The molecule has 1 aliphatic rings. The molecule has 2 unspecified atom stereocenters. The molecule has 4 heteroatoms. The van der Waals surface area contributed by atoms with E-state index in [9.17, 15) is 9.59 Å². The summed E-state index contributed by atoms with van der Waals surface area (Å²) >= 11 is 0. The van der Waals surface area contributed by atoms with Crippen molar-refractivity contribution in [1.82, 2.24) is 10.2 Å². The lowest BCUT2D eigenvalue weighted by Gasteiger charge is -2.27. The van der Waals surface area contributed by atoms with Crippen LogP contribution in [-0.2, 0) is 9.59 Å². The van der Waals surface area contributed by atoms with Crippen molar-refractivity contribution < 1.29 is 9.59 Å². The van der Waals surface area contributed by atoms with Crippen molar-refractivity contribution in [2.45, 2.75) is 45.2 Å². The summed E-state index contributed by atoms with van der Waals surface area (Å²) in [5, 5.41) is 2.77. The van der Waals surface area contributed by atoms with E-state index in [-0.39, 0.29) is 23.9 Å². The molecule has 2 atom stereocenters. The topological polar surface area (TPSA) is 49.4 Å². The number of nitrogens with one attached hydrogen (secondary N) is 1. The van der Waals surface area contributed by atoms with Gasteiger partial charge in [-0.3, -0.25) is 9.59 Å². The van der Waals surface area contributed by atoms with Gasteiger partial charge in [-0.05, 0) is 13.3 Å². The highest BCUT2D eigenvalue weighted by Gasteiger charge is 2.30. The van der Waals surface area contributed by atoms with Crippen LogP contribution >= 0.6 is 0 Å². The molecule has 90 valence electrons. The van der Waals surface area contributed by atoms with E-state index in [0.29, 0.717) is 19.4 Å². The Morgan fingerprint density at radius 3 is 2.88 bits per heavy atom. The highest BCUT2D eigenvalue weighted by molar-refractivity contribution is 5.90. The number of carbonyl (C=O) groups excluding carboxylic acids is 2. The maximum Gasteiger partial charge on any atom is 0.245 e. The van der Waals surface area contributed by atoms with E-state index in [1.807, 2.05) is 13.8 Å². The van der Waals surface area contributed by atoms with Crippen LogP contribution in [0.2, 0.25) is 0 Å². The molecule has 1 heterocycles. The van der Waals surface area contributed by atoms with Gasteiger partial charge in [-0.1, -0.05) is 19.4 Å². The van der Waals surface area contributed by atoms with Crippen molar-refractivity contribution >= 4 is 11.8 Å². The first kappa shape index (κ1) is 12.7. The van der Waals surface area contributed by atoms with Gasteiger partial charge >= 0.3 is 0 Å². The zero-order valence-corrected chi connectivity index (χ0v) is 10.0. The summed E-state index contributed by atoms with van der Waals surface area (Å²) in [7, 11) is 0. The number of hydrogen-bond acceptors (Lipinski definition) is 2. The predicted molar refractivity (Wildman–Crippen MR) is 62.8 cm³/mol. The number of amides is 2. The van der Waals surface area contributed by atoms with Crippen molar-refractivity contribution in [2.24, 2.45) is 0 Å². The van der Waals surface area contributed by atoms with Crippen LogP contribution < -0.4 is 5.32 Å². The van der Waals surface area contributed by atoms with E-state index in [2.05, 4.69) is 11.9 Å². The van der Waals surface area contributed by atoms with Crippen LogP contribution in [0.3, 0.4) is 0 Å². The molecule has 16 heavy (non-hydrogen) atoms. The van der Waals surface area contributed by atoms with Gasteiger partial charge in [-0.25, -0.2) is 0 Å². The monoisotopic (exact) mass is 224 g/mol. The average molecular weight is 224 g/mol. The number of rotatable bonds is 4. The van der Waals surface area contributed by atoms with Crippen molar-refractivity contribution in [2.75, 3.05) is 6.54 Å². The number of carbonyl (C=O) groups is 2. The van der Waals surface area contributed by atoms with Gasteiger partial charge in [0.25, 0.3) is 0 Å². The van der Waals surface area contributed by atoms with Crippen molar-refractivity contribution in [3.05, 3.63) is 12.7 Å². The third-order valence-corrected chi connectivity index (χ3v) is 2.91. The first-order valence-electron chi connectivity index (χ1n) is 5.82. The van der Waals surface area contributed by atoms with Gasteiger partial charge in [0, 0.05) is 19.0 Å². The fraction of sp³-hybridized carbons (Fsp3) is 0.667. The summed E-state index contributed by atoms with van der Waals surface area (Å²) in [5.41, 5.74) is 0. The summed E-state index contributed by atoms with van der Waals surface area (Å²) < 4.78 is 0. The molecular weight excluding hydrogens is 204 g/mol. The van der Waals surface area contributed by atoms with Gasteiger partial charge in [-0.2, -0.15) is 0 Å². The Balaban J connectivity index is 2.82. The molecule has 0 bridgehead atoms. The summed E-state index contributed by atoms with van der Waals surface area (Å²) in [6.07, 6.45) is 3.69. The number of nitrogens with zero attached hydrogens (tertiary/aromatic N) is 1. The van der Waals surface area contributed by atoms with Crippen molar-refractivity contribution in [3.8, 4) is 0 Å². The van der Waals surface area contributed by atoms with E-state index in [4.69, 9.17) is 0 Å². The minimum atomic E-state index is -0.359. The molecule has 0 radical (unpaired) electrons. The lowest BCUT2D eigenvalue weighted by atomic mass is 10.1. The highest BCUT2D eigenvalue weighted by atomic mass is 16.2. The molecule has 1 aliphatic heterocycles. The van der Waals surface area contributed by atoms with Gasteiger partial charge in [0.05, 0.1) is 0 Å². The molecule has 0 aromatic carbocycles. The van der Waals surface area contributed by atoms with Gasteiger partial charge in [0.1, 0.15) is 6.04 Å². The Labute approximate surface area is 96.7 Å². The number of hydrogen-bond donors (Lipinski definition) is 1. The molecule has 0 aromatic rings. The fourth-order valence-electron chi connectivity index (χ4n) is 1.88. The van der Waals surface area contributed by atoms with Crippen molar-refractivity contribution in [1.29, 1.82) is 0 Å². The fourth-order valence-corrected chi connectivity index (χ4v) is 1.88. The molecule has 0 spiro atoms. The largest absolute Gasteiger partial charge is 0.344 e. The molecule has 0 aromatic heterocycles. The maximum atomic E-state index is 12.1. The molecule has 1 N–H and O–H groups in total. The molecular formula is C12H20N2O2. The molecule has 0 saturated carbocycles. The average Bonchev–Trinajstić information content (AvgIpc) is 2.40. The first-order valence-corrected chi connectivity index (χ1v) is 5.82. The second kappa shape index (κ2) is 5.68. The Morgan fingerprint density at radius 2 is 2.31 bits per heavy atom. The molecule has 0 aliphatic carbocycles. The Kier molecular flexibility index (Phi) is 4.52. The molecule has 1 rings (SSSR count). The van der Waals surface area contributed by atoms with E-state index in [1.165, 1.54) is 0 Å². The van der Waals surface area contributed by atoms with Crippen molar-refractivity contribution in [3.63, 3.8) is 0 Å². The molecule has 1 fully saturated rings. The minimum absolute atomic E-state index is 0.0140. The van der Waals surface area contributed by atoms with E-state index in [1.54, 1.807) is 11.0 Å². The van der Waals surface area contributed by atoms with Gasteiger partial charge in [0.15, 0.2) is 0 Å². The lowest BCUT2D eigenvalue weighted by Crippen LogP contribution is -2.47. The second-order valence-corrected chi connectivity index (χ2v) is 4.17. The maximum absolute atomic E-state index is 12.1. The summed E-state index contributed by atoms with van der Waals surface area (Å²) in [6, 6.07) is -0.373. The summed E-state index contributed by atoms with van der Waals surface area (Å²) in [4.78, 5) is 25.3. The molecule has 4 nitrogen and oxygen atoms in total. The summed E-state index contributed by atoms with van der Waals surface area (Å²) in [6.45, 7) is 8.10. The smallest absolute Gasteiger partial charge is 0.245 e. The Bertz CT molecular complexity index is 289.